The number of carbonyl (C=O) groups is 1. The number of hydrogen-bond donors (Lipinski definition) is 0. The van der Waals surface area contributed by atoms with Crippen LogP contribution in [0.4, 0.5) is 5.69 Å². The Morgan fingerprint density at radius 1 is 1.65 bits per heavy atom. The third-order valence-corrected chi connectivity index (χ3v) is 2.23. The summed E-state index contributed by atoms with van der Waals surface area (Å²) in [6.07, 6.45) is 0. The van der Waals surface area contributed by atoms with Gasteiger partial charge in [-0.3, -0.25) is 21.8 Å². The van der Waals surface area contributed by atoms with Gasteiger partial charge in [0.05, 0.1) is 7.11 Å². The van der Waals surface area contributed by atoms with Gasteiger partial charge in [-0.2, -0.15) is 11.6 Å². The monoisotopic (exact) mass is 330 g/mol. The minimum Gasteiger partial charge on any atom is -0.492 e. The molecule has 7 heteroatoms. The molecule has 1 unspecified atom stereocenters. The van der Waals surface area contributed by atoms with Crippen LogP contribution in [0.5, 0.6) is 0 Å². The Labute approximate surface area is 128 Å². The van der Waals surface area contributed by atoms with Gasteiger partial charge in [-0.25, -0.2) is 0 Å². The molecule has 0 bridgehead atoms. The van der Waals surface area contributed by atoms with E-state index in [2.05, 4.69) is 27.0 Å². The van der Waals surface area contributed by atoms with Gasteiger partial charge in [0.15, 0.2) is 11.7 Å². The smallest absolute Gasteiger partial charge is 0.164 e. The Morgan fingerprint density at radius 3 is 2.41 bits per heavy atom. The third kappa shape index (κ3) is 8.25. The molecule has 91 valence electrons. The number of nitrogens with zero attached hydrogens (tertiary/aromatic N) is 1. The maximum atomic E-state index is 10.2. The van der Waals surface area contributed by atoms with E-state index in [1.165, 1.54) is 13.2 Å². The quantitative estimate of drug-likeness (QED) is 0.255. The van der Waals surface area contributed by atoms with Crippen LogP contribution in [-0.2, 0) is 42.2 Å². The van der Waals surface area contributed by atoms with Crippen LogP contribution in [0.1, 0.15) is 5.56 Å². The second-order valence-corrected chi connectivity index (χ2v) is 3.41. The fraction of sp³-hybridized carbons (Fsp3) is 0.200. The van der Waals surface area contributed by atoms with E-state index in [4.69, 9.17) is 0 Å². The van der Waals surface area contributed by atoms with Crippen molar-refractivity contribution in [1.29, 1.82) is 0 Å². The van der Waals surface area contributed by atoms with E-state index >= 15 is 0 Å². The number of hydrogen-bond acceptors (Lipinski definition) is 4. The number of nitro benzene ring substituents is 1. The molecular formula is C10H12NO4PY-2. The minimum atomic E-state index is -0.495. The van der Waals surface area contributed by atoms with Gasteiger partial charge in [0.2, 0.25) is 0 Å². The van der Waals surface area contributed by atoms with Crippen molar-refractivity contribution in [3.8, 4) is 0 Å². The number of aryl methyl sites for hydroxylation is 1. The second kappa shape index (κ2) is 9.52. The third-order valence-electron chi connectivity index (χ3n) is 1.61. The van der Waals surface area contributed by atoms with Gasteiger partial charge >= 0.3 is 0 Å². The Hall–Kier alpha value is -0.506. The molecule has 0 saturated heterocycles. The Bertz CT molecular complexity index is 398. The SMILES string of the molecule is Cc1c[c-]c([N+](=O)[O-])cc1P.[CH2-]C(=O)OC.[Y]. The molecule has 1 atom stereocenters. The van der Waals surface area contributed by atoms with Gasteiger partial charge in [-0.1, -0.05) is 13.0 Å². The second-order valence-electron chi connectivity index (χ2n) is 2.79. The summed E-state index contributed by atoms with van der Waals surface area (Å²) in [6, 6.07) is 5.66. The van der Waals surface area contributed by atoms with Gasteiger partial charge in [0.1, 0.15) is 0 Å². The van der Waals surface area contributed by atoms with Crippen LogP contribution in [0.25, 0.3) is 0 Å². The topological polar surface area (TPSA) is 69.4 Å². The molecule has 0 aromatic heterocycles. The molecule has 0 saturated carbocycles. The van der Waals surface area contributed by atoms with Crippen LogP contribution in [0, 0.1) is 30.0 Å². The predicted molar refractivity (Wildman–Crippen MR) is 63.4 cm³/mol. The average molecular weight is 330 g/mol. The molecule has 1 aromatic rings. The average Bonchev–Trinajstić information content (AvgIpc) is 2.22. The van der Waals surface area contributed by atoms with Crippen molar-refractivity contribution in [3.63, 3.8) is 0 Å². The molecule has 0 spiro atoms. The summed E-state index contributed by atoms with van der Waals surface area (Å²) < 4.78 is 4.00. The zero-order chi connectivity index (χ0) is 12.7. The van der Waals surface area contributed by atoms with Crippen LogP contribution in [-0.4, -0.2) is 18.0 Å². The van der Waals surface area contributed by atoms with E-state index < -0.39 is 10.9 Å². The first-order valence-corrected chi connectivity index (χ1v) is 4.78. The summed E-state index contributed by atoms with van der Waals surface area (Å²) in [5.74, 6) is -0.495. The van der Waals surface area contributed by atoms with Crippen molar-refractivity contribution in [3.05, 3.63) is 40.8 Å². The van der Waals surface area contributed by atoms with Gasteiger partial charge in [-0.05, 0) is 0 Å². The number of rotatable bonds is 1. The summed E-state index contributed by atoms with van der Waals surface area (Å²) >= 11 is 0. The van der Waals surface area contributed by atoms with E-state index in [-0.39, 0.29) is 38.4 Å². The Balaban J connectivity index is 0. The van der Waals surface area contributed by atoms with Gasteiger partial charge < -0.3 is 4.74 Å². The molecule has 0 N–H and O–H groups in total. The van der Waals surface area contributed by atoms with E-state index in [1.54, 1.807) is 6.07 Å². The molecule has 17 heavy (non-hydrogen) atoms. The summed E-state index contributed by atoms with van der Waals surface area (Å²) in [7, 11) is 3.73. The van der Waals surface area contributed by atoms with Gasteiger partial charge in [-0.15, -0.1) is 20.6 Å². The van der Waals surface area contributed by atoms with Crippen LogP contribution in [0.3, 0.4) is 0 Å². The number of methoxy groups -OCH3 is 1. The van der Waals surface area contributed by atoms with Crippen LogP contribution >= 0.6 is 9.24 Å². The molecule has 0 fully saturated rings. The van der Waals surface area contributed by atoms with Crippen molar-refractivity contribution in [2.45, 2.75) is 6.92 Å². The zero-order valence-corrected chi connectivity index (χ0v) is 13.6. The normalized spacial score (nSPS) is 8.18. The Kier molecular flexibility index (Phi) is 10.6. The molecule has 0 aliphatic heterocycles. The molecule has 0 aliphatic rings. The van der Waals surface area contributed by atoms with Crippen molar-refractivity contribution in [1.82, 2.24) is 0 Å². The van der Waals surface area contributed by atoms with Crippen molar-refractivity contribution in [2.24, 2.45) is 0 Å². The number of nitro groups is 1. The van der Waals surface area contributed by atoms with Crippen molar-refractivity contribution < 1.29 is 47.2 Å². The summed E-state index contributed by atoms with van der Waals surface area (Å²) in [5.41, 5.74) is 1.00. The van der Waals surface area contributed by atoms with E-state index in [0.717, 1.165) is 10.9 Å². The van der Waals surface area contributed by atoms with E-state index in [0.29, 0.717) is 0 Å². The minimum absolute atomic E-state index is 0. The summed E-state index contributed by atoms with van der Waals surface area (Å²) in [6.45, 7) is 4.77. The van der Waals surface area contributed by atoms with Crippen LogP contribution in [0.15, 0.2) is 12.1 Å². The number of ether oxygens (including phenoxy) is 1. The molecule has 0 amide bonds. The predicted octanol–water partition coefficient (Wildman–Crippen LogP) is 1.19. The standard InChI is InChI=1S/C7H7NO2P.C3H5O2.Y/c1-5-2-3-6(8(9)10)4-7(5)11;1-3(4)5-2;/h2,4H,11H2,1H3;1H2,2H3;/q2*-1;. The zero-order valence-electron chi connectivity index (χ0n) is 9.60. The molecular weight excluding hydrogens is 318 g/mol. The first kappa shape index (κ1) is 18.8. The maximum absolute atomic E-state index is 10.2. The first-order valence-electron chi connectivity index (χ1n) is 4.20. The number of non-ortho nitro benzene ring substituents is 1. The van der Waals surface area contributed by atoms with Crippen molar-refractivity contribution in [2.75, 3.05) is 7.11 Å². The molecule has 1 rings (SSSR count). The molecule has 1 aromatic carbocycles. The first-order chi connectivity index (χ1) is 7.38. The molecule has 5 nitrogen and oxygen atoms in total. The maximum Gasteiger partial charge on any atom is 0.164 e. The van der Waals surface area contributed by atoms with Crippen LogP contribution in [0.2, 0.25) is 0 Å². The van der Waals surface area contributed by atoms with E-state index in [9.17, 15) is 14.9 Å². The molecule has 0 heterocycles. The summed E-state index contributed by atoms with van der Waals surface area (Å²) in [4.78, 5) is 19.3. The summed E-state index contributed by atoms with van der Waals surface area (Å²) in [5, 5.41) is 11.1. The van der Waals surface area contributed by atoms with Crippen LogP contribution < -0.4 is 5.30 Å². The fourth-order valence-corrected chi connectivity index (χ4v) is 0.915. The molecule has 1 radical (unpaired) electrons. The van der Waals surface area contributed by atoms with E-state index in [1.807, 2.05) is 6.92 Å². The molecule has 0 aliphatic carbocycles. The number of carbonyl (C=O) groups excluding carboxylic acids is 1. The van der Waals surface area contributed by atoms with Gasteiger partial charge in [0, 0.05) is 37.6 Å². The fourth-order valence-electron chi connectivity index (χ4n) is 0.674. The number of benzene rings is 1. The number of esters is 1. The van der Waals surface area contributed by atoms with Crippen molar-refractivity contribution >= 4 is 26.2 Å². The van der Waals surface area contributed by atoms with Gasteiger partial charge in [0.25, 0.3) is 0 Å². The Morgan fingerprint density at radius 2 is 2.12 bits per heavy atom. The largest absolute Gasteiger partial charge is 0.492 e.